The minimum Gasteiger partial charge on any atom is -0.349 e. The maximum absolute atomic E-state index is 11.6. The van der Waals surface area contributed by atoms with E-state index in [1.807, 2.05) is 0 Å². The molecule has 0 aliphatic heterocycles. The van der Waals surface area contributed by atoms with Crippen LogP contribution < -0.4 is 5.32 Å². The van der Waals surface area contributed by atoms with Crippen molar-refractivity contribution >= 4 is 40.1 Å². The van der Waals surface area contributed by atoms with E-state index < -0.39 is 0 Å². The molecule has 0 atom stereocenters. The Bertz CT molecular complexity index is 376. The van der Waals surface area contributed by atoms with Crippen LogP contribution in [0.15, 0.2) is 18.2 Å². The van der Waals surface area contributed by atoms with E-state index in [-0.39, 0.29) is 5.91 Å². The van der Waals surface area contributed by atoms with E-state index in [1.54, 1.807) is 18.2 Å². The molecular formula is C10H9ClINO. The van der Waals surface area contributed by atoms with Crippen molar-refractivity contribution in [2.24, 2.45) is 0 Å². The number of carbonyl (C=O) groups is 1. The smallest absolute Gasteiger partial charge is 0.251 e. The Kier molecular flexibility index (Phi) is 2.97. The van der Waals surface area contributed by atoms with Gasteiger partial charge in [0.2, 0.25) is 0 Å². The van der Waals surface area contributed by atoms with Crippen molar-refractivity contribution in [3.8, 4) is 0 Å². The molecule has 0 heterocycles. The molecule has 0 saturated heterocycles. The molecule has 74 valence electrons. The van der Waals surface area contributed by atoms with Crippen LogP contribution in [-0.2, 0) is 0 Å². The summed E-state index contributed by atoms with van der Waals surface area (Å²) in [4.78, 5) is 11.6. The van der Waals surface area contributed by atoms with Crippen LogP contribution in [-0.4, -0.2) is 11.9 Å². The highest BCUT2D eigenvalue weighted by Crippen LogP contribution is 2.22. The van der Waals surface area contributed by atoms with E-state index in [9.17, 15) is 4.79 Å². The van der Waals surface area contributed by atoms with Crippen LogP contribution in [0.3, 0.4) is 0 Å². The molecule has 0 unspecified atom stereocenters. The van der Waals surface area contributed by atoms with Crippen LogP contribution in [0.4, 0.5) is 0 Å². The SMILES string of the molecule is O=C(NC1CC1)c1ccc(Cl)c(I)c1. The molecule has 0 aromatic heterocycles. The van der Waals surface area contributed by atoms with Crippen molar-refractivity contribution in [2.45, 2.75) is 18.9 Å². The molecule has 2 nitrogen and oxygen atoms in total. The van der Waals surface area contributed by atoms with E-state index in [1.165, 1.54) is 0 Å². The predicted molar refractivity (Wildman–Crippen MR) is 64.7 cm³/mol. The predicted octanol–water partition coefficient (Wildman–Crippen LogP) is 2.84. The first-order valence-corrected chi connectivity index (χ1v) is 5.88. The van der Waals surface area contributed by atoms with Crippen LogP contribution in [0.5, 0.6) is 0 Å². The first-order chi connectivity index (χ1) is 6.66. The van der Waals surface area contributed by atoms with Crippen LogP contribution in [0, 0.1) is 3.57 Å². The third kappa shape index (κ3) is 2.39. The topological polar surface area (TPSA) is 29.1 Å². The number of hydrogen-bond acceptors (Lipinski definition) is 1. The monoisotopic (exact) mass is 321 g/mol. The number of rotatable bonds is 2. The molecule has 4 heteroatoms. The molecule has 0 spiro atoms. The lowest BCUT2D eigenvalue weighted by Crippen LogP contribution is -2.25. The molecule has 1 aliphatic rings. The van der Waals surface area contributed by atoms with Gasteiger partial charge in [0, 0.05) is 15.2 Å². The van der Waals surface area contributed by atoms with Crippen molar-refractivity contribution in [1.82, 2.24) is 5.32 Å². The number of nitrogens with one attached hydrogen (secondary N) is 1. The highest BCUT2D eigenvalue weighted by atomic mass is 127. The molecule has 1 amide bonds. The van der Waals surface area contributed by atoms with Gasteiger partial charge in [-0.1, -0.05) is 11.6 Å². The first-order valence-electron chi connectivity index (χ1n) is 4.43. The fraction of sp³-hybridized carbons (Fsp3) is 0.300. The Hall–Kier alpha value is -0.290. The normalized spacial score (nSPS) is 15.3. The first kappa shape index (κ1) is 10.2. The molecule has 2 rings (SSSR count). The maximum Gasteiger partial charge on any atom is 0.251 e. The molecular weight excluding hydrogens is 312 g/mol. The van der Waals surface area contributed by atoms with Crippen molar-refractivity contribution in [3.63, 3.8) is 0 Å². The van der Waals surface area contributed by atoms with Crippen LogP contribution in [0.25, 0.3) is 0 Å². The molecule has 0 bridgehead atoms. The summed E-state index contributed by atoms with van der Waals surface area (Å²) in [6.07, 6.45) is 2.22. The van der Waals surface area contributed by atoms with Gasteiger partial charge in [0.05, 0.1) is 5.02 Å². The van der Waals surface area contributed by atoms with Crippen LogP contribution in [0.2, 0.25) is 5.02 Å². The van der Waals surface area contributed by atoms with Gasteiger partial charge in [0.25, 0.3) is 5.91 Å². The number of carbonyl (C=O) groups excluding carboxylic acids is 1. The van der Waals surface area contributed by atoms with Gasteiger partial charge in [0.15, 0.2) is 0 Å². The van der Waals surface area contributed by atoms with Gasteiger partial charge >= 0.3 is 0 Å². The van der Waals surface area contributed by atoms with Gasteiger partial charge in [0.1, 0.15) is 0 Å². The number of benzene rings is 1. The number of amides is 1. The fourth-order valence-corrected chi connectivity index (χ4v) is 1.77. The van der Waals surface area contributed by atoms with Gasteiger partial charge in [-0.25, -0.2) is 0 Å². The summed E-state index contributed by atoms with van der Waals surface area (Å²) in [5.41, 5.74) is 0.686. The van der Waals surface area contributed by atoms with Gasteiger partial charge in [-0.15, -0.1) is 0 Å². The minimum atomic E-state index is 0.00193. The summed E-state index contributed by atoms with van der Waals surface area (Å²) in [7, 11) is 0. The highest BCUT2D eigenvalue weighted by Gasteiger charge is 2.23. The van der Waals surface area contributed by atoms with Crippen molar-refractivity contribution in [2.75, 3.05) is 0 Å². The lowest BCUT2D eigenvalue weighted by atomic mass is 10.2. The van der Waals surface area contributed by atoms with Gasteiger partial charge in [-0.05, 0) is 53.6 Å². The third-order valence-corrected chi connectivity index (χ3v) is 3.64. The van der Waals surface area contributed by atoms with E-state index in [0.29, 0.717) is 16.6 Å². The zero-order valence-corrected chi connectivity index (χ0v) is 10.3. The molecule has 1 saturated carbocycles. The van der Waals surface area contributed by atoms with E-state index in [2.05, 4.69) is 27.9 Å². The summed E-state index contributed by atoms with van der Waals surface area (Å²) >= 11 is 7.98. The molecule has 0 radical (unpaired) electrons. The molecule has 1 aromatic rings. The standard InChI is InChI=1S/C10H9ClINO/c11-8-4-1-6(5-9(8)12)10(14)13-7-2-3-7/h1,4-5,7H,2-3H2,(H,13,14). The molecule has 1 fully saturated rings. The van der Waals surface area contributed by atoms with Crippen LogP contribution in [0.1, 0.15) is 23.2 Å². The zero-order chi connectivity index (χ0) is 10.1. The average molecular weight is 322 g/mol. The fourth-order valence-electron chi connectivity index (χ4n) is 1.13. The second kappa shape index (κ2) is 4.06. The maximum atomic E-state index is 11.6. The molecule has 1 aromatic carbocycles. The third-order valence-electron chi connectivity index (χ3n) is 2.09. The van der Waals surface area contributed by atoms with Crippen molar-refractivity contribution in [1.29, 1.82) is 0 Å². The molecule has 14 heavy (non-hydrogen) atoms. The summed E-state index contributed by atoms with van der Waals surface area (Å²) in [6, 6.07) is 5.71. The van der Waals surface area contributed by atoms with Gasteiger partial charge in [-0.3, -0.25) is 4.79 Å². The number of halogens is 2. The molecule has 1 N–H and O–H groups in total. The summed E-state index contributed by atoms with van der Waals surface area (Å²) in [5, 5.41) is 3.62. The zero-order valence-electron chi connectivity index (χ0n) is 7.39. The Balaban J connectivity index is 2.14. The summed E-state index contributed by atoms with van der Waals surface area (Å²) in [5.74, 6) is 0.00193. The lowest BCUT2D eigenvalue weighted by Gasteiger charge is -2.04. The molecule has 1 aliphatic carbocycles. The average Bonchev–Trinajstić information content (AvgIpc) is 2.93. The largest absolute Gasteiger partial charge is 0.349 e. The quantitative estimate of drug-likeness (QED) is 0.834. The van der Waals surface area contributed by atoms with E-state index in [0.717, 1.165) is 16.4 Å². The van der Waals surface area contributed by atoms with E-state index >= 15 is 0 Å². The Morgan fingerprint density at radius 2 is 2.21 bits per heavy atom. The second-order valence-corrected chi connectivity index (χ2v) is 4.95. The van der Waals surface area contributed by atoms with Crippen LogP contribution >= 0.6 is 34.2 Å². The lowest BCUT2D eigenvalue weighted by molar-refractivity contribution is 0.0951. The van der Waals surface area contributed by atoms with E-state index in [4.69, 9.17) is 11.6 Å². The minimum absolute atomic E-state index is 0.00193. The summed E-state index contributed by atoms with van der Waals surface area (Å²) < 4.78 is 0.910. The Morgan fingerprint density at radius 1 is 1.50 bits per heavy atom. The Morgan fingerprint density at radius 3 is 2.79 bits per heavy atom. The Labute approximate surface area is 101 Å². The highest BCUT2D eigenvalue weighted by molar-refractivity contribution is 14.1. The van der Waals surface area contributed by atoms with Crippen molar-refractivity contribution in [3.05, 3.63) is 32.4 Å². The number of hydrogen-bond donors (Lipinski definition) is 1. The van der Waals surface area contributed by atoms with Crippen molar-refractivity contribution < 1.29 is 4.79 Å². The second-order valence-electron chi connectivity index (χ2n) is 3.38. The van der Waals surface area contributed by atoms with Gasteiger partial charge in [-0.2, -0.15) is 0 Å². The summed E-state index contributed by atoms with van der Waals surface area (Å²) in [6.45, 7) is 0. The van der Waals surface area contributed by atoms with Gasteiger partial charge < -0.3 is 5.32 Å².